The number of nitro groups is 1. The highest BCUT2D eigenvalue weighted by molar-refractivity contribution is 6.22. The minimum Gasteiger partial charge on any atom is -0.366 e. The van der Waals surface area contributed by atoms with E-state index in [9.17, 15) is 19.7 Å². The molecule has 3 fully saturated rings. The van der Waals surface area contributed by atoms with Crippen LogP contribution in [0.15, 0.2) is 18.2 Å². The van der Waals surface area contributed by atoms with Crippen molar-refractivity contribution in [1.82, 2.24) is 0 Å². The summed E-state index contributed by atoms with van der Waals surface area (Å²) in [6.07, 6.45) is 8.93. The Morgan fingerprint density at radius 1 is 0.857 bits per heavy atom. The molecular weight excluding hydrogens is 358 g/mol. The molecule has 1 aromatic rings. The zero-order chi connectivity index (χ0) is 19.7. The molecule has 2 saturated heterocycles. The van der Waals surface area contributed by atoms with E-state index in [0.717, 1.165) is 64.5 Å². The van der Waals surface area contributed by atoms with E-state index in [0.29, 0.717) is 11.4 Å². The van der Waals surface area contributed by atoms with Gasteiger partial charge in [-0.05, 0) is 37.8 Å². The van der Waals surface area contributed by atoms with Crippen LogP contribution in [0.3, 0.4) is 0 Å². The van der Waals surface area contributed by atoms with Gasteiger partial charge in [0.15, 0.2) is 0 Å². The Balaban J connectivity index is 1.66. The van der Waals surface area contributed by atoms with Gasteiger partial charge >= 0.3 is 0 Å². The van der Waals surface area contributed by atoms with Crippen LogP contribution in [0.5, 0.6) is 0 Å². The van der Waals surface area contributed by atoms with Gasteiger partial charge in [0.05, 0.1) is 22.4 Å². The highest BCUT2D eigenvalue weighted by Crippen LogP contribution is 2.42. The number of benzene rings is 1. The van der Waals surface area contributed by atoms with E-state index in [1.807, 2.05) is 0 Å². The number of nitro benzene ring substituents is 1. The van der Waals surface area contributed by atoms with E-state index in [1.165, 1.54) is 17.4 Å². The Morgan fingerprint density at radius 2 is 1.43 bits per heavy atom. The molecule has 28 heavy (non-hydrogen) atoms. The molecule has 3 aliphatic rings. The maximum atomic E-state index is 12.8. The largest absolute Gasteiger partial charge is 0.366 e. The van der Waals surface area contributed by atoms with E-state index in [2.05, 4.69) is 4.90 Å². The summed E-state index contributed by atoms with van der Waals surface area (Å²) < 4.78 is 0. The number of fused-ring (bicyclic) bond motifs is 1. The summed E-state index contributed by atoms with van der Waals surface area (Å²) in [6.45, 7) is 1.60. The first-order valence-electron chi connectivity index (χ1n) is 10.5. The van der Waals surface area contributed by atoms with Gasteiger partial charge in [0.1, 0.15) is 5.69 Å². The monoisotopic (exact) mass is 385 g/mol. The van der Waals surface area contributed by atoms with Gasteiger partial charge in [-0.1, -0.05) is 32.1 Å². The van der Waals surface area contributed by atoms with Crippen molar-refractivity contribution in [2.24, 2.45) is 11.8 Å². The van der Waals surface area contributed by atoms with Crippen molar-refractivity contribution >= 4 is 28.9 Å². The Kier molecular flexibility index (Phi) is 5.33. The maximum absolute atomic E-state index is 12.8. The number of imide groups is 1. The Bertz CT molecular complexity index is 762. The van der Waals surface area contributed by atoms with Crippen molar-refractivity contribution in [1.29, 1.82) is 0 Å². The second kappa shape index (κ2) is 7.89. The smallest absolute Gasteiger partial charge is 0.294 e. The van der Waals surface area contributed by atoms with Gasteiger partial charge in [-0.15, -0.1) is 0 Å². The standard InChI is InChI=1S/C21H27N3O4/c25-20-16-8-4-5-9-17(16)21(26)23(20)15-10-11-18(19(14-15)24(27)28)22-12-6-2-1-3-7-13-22/h10-11,14,16-17H,1-9,12-13H2. The second-order valence-corrected chi connectivity index (χ2v) is 8.19. The number of amides is 2. The maximum Gasteiger partial charge on any atom is 0.294 e. The van der Waals surface area contributed by atoms with Gasteiger partial charge in [-0.3, -0.25) is 19.7 Å². The molecule has 1 aromatic carbocycles. The molecule has 1 aliphatic carbocycles. The van der Waals surface area contributed by atoms with Crippen LogP contribution in [0.4, 0.5) is 17.1 Å². The fourth-order valence-corrected chi connectivity index (χ4v) is 4.97. The predicted molar refractivity (Wildman–Crippen MR) is 106 cm³/mol. The number of nitrogens with zero attached hydrogens (tertiary/aromatic N) is 3. The number of hydrogen-bond acceptors (Lipinski definition) is 5. The zero-order valence-corrected chi connectivity index (χ0v) is 16.1. The highest BCUT2D eigenvalue weighted by atomic mass is 16.6. The predicted octanol–water partition coefficient (Wildman–Crippen LogP) is 4.04. The average Bonchev–Trinajstić information content (AvgIpc) is 2.92. The summed E-state index contributed by atoms with van der Waals surface area (Å²) in [5, 5.41) is 11.8. The van der Waals surface area contributed by atoms with Gasteiger partial charge in [0.2, 0.25) is 11.8 Å². The molecule has 2 aliphatic heterocycles. The van der Waals surface area contributed by atoms with Crippen LogP contribution >= 0.6 is 0 Å². The zero-order valence-electron chi connectivity index (χ0n) is 16.1. The number of carbonyl (C=O) groups is 2. The van der Waals surface area contributed by atoms with Crippen LogP contribution < -0.4 is 9.80 Å². The molecule has 0 radical (unpaired) electrons. The van der Waals surface area contributed by atoms with E-state index in [4.69, 9.17) is 0 Å². The molecule has 0 bridgehead atoms. The molecule has 7 heteroatoms. The summed E-state index contributed by atoms with van der Waals surface area (Å²) in [5.74, 6) is -0.894. The van der Waals surface area contributed by atoms with Gasteiger partial charge in [-0.2, -0.15) is 0 Å². The molecule has 0 aromatic heterocycles. The third-order valence-electron chi connectivity index (χ3n) is 6.45. The van der Waals surface area contributed by atoms with Crippen molar-refractivity contribution in [2.75, 3.05) is 22.9 Å². The van der Waals surface area contributed by atoms with Crippen molar-refractivity contribution in [3.63, 3.8) is 0 Å². The van der Waals surface area contributed by atoms with Crippen molar-refractivity contribution in [2.45, 2.75) is 57.8 Å². The molecule has 150 valence electrons. The summed E-state index contributed by atoms with van der Waals surface area (Å²) in [5.41, 5.74) is 0.910. The fraction of sp³-hybridized carbons (Fsp3) is 0.619. The topological polar surface area (TPSA) is 83.8 Å². The average molecular weight is 385 g/mol. The molecule has 1 saturated carbocycles. The molecule has 2 amide bonds. The lowest BCUT2D eigenvalue weighted by atomic mass is 9.81. The molecule has 7 nitrogen and oxygen atoms in total. The SMILES string of the molecule is O=C1C2CCCCC2C(=O)N1c1ccc(N2CCCCCCC2)c([N+](=O)[O-])c1. The molecule has 2 atom stereocenters. The van der Waals surface area contributed by atoms with E-state index in [1.54, 1.807) is 12.1 Å². The fourth-order valence-electron chi connectivity index (χ4n) is 4.97. The Labute approximate surface area is 164 Å². The molecular formula is C21H27N3O4. The van der Waals surface area contributed by atoms with Crippen LogP contribution in [0.25, 0.3) is 0 Å². The summed E-state index contributed by atoms with van der Waals surface area (Å²) >= 11 is 0. The molecule has 2 heterocycles. The van der Waals surface area contributed by atoms with Crippen molar-refractivity contribution in [3.8, 4) is 0 Å². The van der Waals surface area contributed by atoms with Crippen LogP contribution in [0, 0.1) is 22.0 Å². The number of hydrogen-bond donors (Lipinski definition) is 0. The first-order valence-corrected chi connectivity index (χ1v) is 10.5. The normalized spacial score (nSPS) is 26.0. The third kappa shape index (κ3) is 3.38. The summed E-state index contributed by atoms with van der Waals surface area (Å²) in [4.78, 5) is 40.3. The second-order valence-electron chi connectivity index (χ2n) is 8.19. The third-order valence-corrected chi connectivity index (χ3v) is 6.45. The molecule has 0 N–H and O–H groups in total. The minimum absolute atomic E-state index is 0.0199. The lowest BCUT2D eigenvalue weighted by Crippen LogP contribution is -2.31. The molecule has 2 unspecified atom stereocenters. The number of carbonyl (C=O) groups excluding carboxylic acids is 2. The Hall–Kier alpha value is -2.44. The first-order chi connectivity index (χ1) is 13.6. The van der Waals surface area contributed by atoms with E-state index < -0.39 is 4.92 Å². The summed E-state index contributed by atoms with van der Waals surface area (Å²) in [7, 11) is 0. The number of rotatable bonds is 3. The molecule has 4 rings (SSSR count). The number of anilines is 2. The minimum atomic E-state index is -0.393. The summed E-state index contributed by atoms with van der Waals surface area (Å²) in [6, 6.07) is 4.84. The first kappa shape index (κ1) is 18.9. The van der Waals surface area contributed by atoms with E-state index >= 15 is 0 Å². The van der Waals surface area contributed by atoms with Crippen molar-refractivity contribution in [3.05, 3.63) is 28.3 Å². The van der Waals surface area contributed by atoms with Gasteiger partial charge in [0, 0.05) is 19.2 Å². The van der Waals surface area contributed by atoms with Gasteiger partial charge in [0.25, 0.3) is 5.69 Å². The van der Waals surface area contributed by atoms with Crippen LogP contribution in [-0.4, -0.2) is 29.8 Å². The Morgan fingerprint density at radius 3 is 2.00 bits per heavy atom. The molecule has 0 spiro atoms. The lowest BCUT2D eigenvalue weighted by molar-refractivity contribution is -0.384. The van der Waals surface area contributed by atoms with Gasteiger partial charge < -0.3 is 4.90 Å². The van der Waals surface area contributed by atoms with Crippen LogP contribution in [-0.2, 0) is 9.59 Å². The van der Waals surface area contributed by atoms with Gasteiger partial charge in [-0.25, -0.2) is 4.90 Å². The quantitative estimate of drug-likeness (QED) is 0.445. The lowest BCUT2D eigenvalue weighted by Gasteiger charge is -2.27. The van der Waals surface area contributed by atoms with Crippen LogP contribution in [0.2, 0.25) is 0 Å². The van der Waals surface area contributed by atoms with E-state index in [-0.39, 0.29) is 29.3 Å². The van der Waals surface area contributed by atoms with Crippen LogP contribution in [0.1, 0.15) is 57.8 Å². The highest BCUT2D eigenvalue weighted by Gasteiger charge is 2.49. The van der Waals surface area contributed by atoms with Crippen molar-refractivity contribution < 1.29 is 14.5 Å².